The van der Waals surface area contributed by atoms with Gasteiger partial charge in [0.05, 0.1) is 5.69 Å². The zero-order valence-corrected chi connectivity index (χ0v) is 10.7. The minimum Gasteiger partial charge on any atom is -0.472 e. The summed E-state index contributed by atoms with van der Waals surface area (Å²) in [7, 11) is 0. The Hall–Kier alpha value is -1.23. The van der Waals surface area contributed by atoms with Crippen molar-refractivity contribution in [2.24, 2.45) is 11.7 Å². The monoisotopic (exact) mass is 253 g/mol. The first-order chi connectivity index (χ1) is 8.76. The van der Waals surface area contributed by atoms with E-state index in [2.05, 4.69) is 9.97 Å². The smallest absolute Gasteiger partial charge is 0.254 e. The van der Waals surface area contributed by atoms with Gasteiger partial charge in [-0.15, -0.1) is 0 Å². The van der Waals surface area contributed by atoms with Gasteiger partial charge in [0, 0.05) is 5.92 Å². The van der Waals surface area contributed by atoms with Crippen LogP contribution >= 0.6 is 0 Å². The normalized spacial score (nSPS) is 23.9. The molecule has 0 radical (unpaired) electrons. The van der Waals surface area contributed by atoms with Crippen LogP contribution in [0.3, 0.4) is 0 Å². The summed E-state index contributed by atoms with van der Waals surface area (Å²) in [4.78, 5) is 7.80. The number of hydrogen-bond donors (Lipinski definition) is 1. The average molecular weight is 253 g/mol. The molecule has 1 saturated carbocycles. The Bertz CT molecular complexity index is 400. The predicted molar refractivity (Wildman–Crippen MR) is 66.8 cm³/mol. The third-order valence-electron chi connectivity index (χ3n) is 3.57. The largest absolute Gasteiger partial charge is 0.472 e. The van der Waals surface area contributed by atoms with Crippen LogP contribution in [0, 0.1) is 11.7 Å². The van der Waals surface area contributed by atoms with E-state index in [1.807, 2.05) is 6.92 Å². The zero-order chi connectivity index (χ0) is 13.0. The standard InChI is InChI=1S/C13H20FN3O/c1-2-10-12(14)13(17-8-16-10)18-11-6-4-3-5-9(11)7-15/h8-9,11H,2-7,15H2,1H3. The molecular formula is C13H20FN3O. The molecule has 2 unspecified atom stereocenters. The number of nitrogens with two attached hydrogens (primary N) is 1. The highest BCUT2D eigenvalue weighted by molar-refractivity contribution is 5.17. The molecule has 0 amide bonds. The fourth-order valence-electron chi connectivity index (χ4n) is 2.46. The molecule has 0 saturated heterocycles. The molecule has 100 valence electrons. The summed E-state index contributed by atoms with van der Waals surface area (Å²) in [5.41, 5.74) is 6.14. The molecule has 1 aliphatic rings. The lowest BCUT2D eigenvalue weighted by atomic mass is 9.86. The van der Waals surface area contributed by atoms with E-state index in [4.69, 9.17) is 10.5 Å². The van der Waals surface area contributed by atoms with E-state index in [0.29, 0.717) is 24.6 Å². The van der Waals surface area contributed by atoms with Gasteiger partial charge in [-0.25, -0.2) is 4.98 Å². The van der Waals surface area contributed by atoms with Crippen LogP contribution in [0.25, 0.3) is 0 Å². The van der Waals surface area contributed by atoms with Crippen molar-refractivity contribution in [3.8, 4) is 5.88 Å². The number of aromatic nitrogens is 2. The third-order valence-corrected chi connectivity index (χ3v) is 3.57. The van der Waals surface area contributed by atoms with E-state index < -0.39 is 5.82 Å². The molecule has 1 aromatic rings. The maximum atomic E-state index is 14.0. The molecule has 2 N–H and O–H groups in total. The van der Waals surface area contributed by atoms with Gasteiger partial charge in [-0.3, -0.25) is 0 Å². The maximum Gasteiger partial charge on any atom is 0.254 e. The van der Waals surface area contributed by atoms with Gasteiger partial charge in [0.25, 0.3) is 5.88 Å². The van der Waals surface area contributed by atoms with E-state index in [-0.39, 0.29) is 12.0 Å². The minimum absolute atomic E-state index is 0.0159. The van der Waals surface area contributed by atoms with Gasteiger partial charge in [-0.2, -0.15) is 9.37 Å². The average Bonchev–Trinajstić information content (AvgIpc) is 2.42. The lowest BCUT2D eigenvalue weighted by Gasteiger charge is -2.30. The molecule has 1 aliphatic carbocycles. The van der Waals surface area contributed by atoms with Gasteiger partial charge < -0.3 is 10.5 Å². The Kier molecular flexibility index (Phi) is 4.47. The van der Waals surface area contributed by atoms with Crippen molar-refractivity contribution in [3.63, 3.8) is 0 Å². The second-order valence-corrected chi connectivity index (χ2v) is 4.73. The number of nitrogens with zero attached hydrogens (tertiary/aromatic N) is 2. The van der Waals surface area contributed by atoms with Crippen molar-refractivity contribution < 1.29 is 9.13 Å². The Morgan fingerprint density at radius 2 is 2.17 bits per heavy atom. The molecule has 1 heterocycles. The lowest BCUT2D eigenvalue weighted by molar-refractivity contribution is 0.0871. The highest BCUT2D eigenvalue weighted by atomic mass is 19.1. The number of aryl methyl sites for hydroxylation is 1. The predicted octanol–water partition coefficient (Wildman–Crippen LogP) is 2.07. The van der Waals surface area contributed by atoms with Crippen molar-refractivity contribution >= 4 is 0 Å². The van der Waals surface area contributed by atoms with Gasteiger partial charge in [0.2, 0.25) is 5.82 Å². The minimum atomic E-state index is -0.429. The van der Waals surface area contributed by atoms with Crippen molar-refractivity contribution in [1.82, 2.24) is 9.97 Å². The number of ether oxygens (including phenoxy) is 1. The molecule has 18 heavy (non-hydrogen) atoms. The molecule has 1 fully saturated rings. The molecule has 2 rings (SSSR count). The van der Waals surface area contributed by atoms with Crippen LogP contribution in [0.15, 0.2) is 6.33 Å². The maximum absolute atomic E-state index is 14.0. The number of hydrogen-bond acceptors (Lipinski definition) is 4. The first kappa shape index (κ1) is 13.2. The second kappa shape index (κ2) is 6.09. The first-order valence-corrected chi connectivity index (χ1v) is 6.62. The van der Waals surface area contributed by atoms with Crippen LogP contribution in [0.2, 0.25) is 0 Å². The van der Waals surface area contributed by atoms with Gasteiger partial charge >= 0.3 is 0 Å². The van der Waals surface area contributed by atoms with E-state index >= 15 is 0 Å². The fraction of sp³-hybridized carbons (Fsp3) is 0.692. The van der Waals surface area contributed by atoms with Crippen LogP contribution in [0.1, 0.15) is 38.3 Å². The quantitative estimate of drug-likeness (QED) is 0.892. The number of rotatable bonds is 4. The van der Waals surface area contributed by atoms with Gasteiger partial charge in [-0.05, 0) is 32.2 Å². The Balaban J connectivity index is 2.12. The molecule has 5 heteroatoms. The Labute approximate surface area is 107 Å². The van der Waals surface area contributed by atoms with Crippen LogP contribution in [0.5, 0.6) is 5.88 Å². The van der Waals surface area contributed by atoms with E-state index in [1.165, 1.54) is 12.7 Å². The Morgan fingerprint density at radius 3 is 2.89 bits per heavy atom. The first-order valence-electron chi connectivity index (χ1n) is 6.62. The van der Waals surface area contributed by atoms with Crippen LogP contribution < -0.4 is 10.5 Å². The SMILES string of the molecule is CCc1ncnc(OC2CCCCC2CN)c1F. The second-order valence-electron chi connectivity index (χ2n) is 4.73. The van der Waals surface area contributed by atoms with Crippen molar-refractivity contribution in [3.05, 3.63) is 17.8 Å². The topological polar surface area (TPSA) is 61.0 Å². The van der Waals surface area contributed by atoms with Gasteiger partial charge in [0.15, 0.2) is 0 Å². The van der Waals surface area contributed by atoms with Crippen molar-refractivity contribution in [1.29, 1.82) is 0 Å². The van der Waals surface area contributed by atoms with Gasteiger partial charge in [0.1, 0.15) is 12.4 Å². The summed E-state index contributed by atoms with van der Waals surface area (Å²) >= 11 is 0. The summed E-state index contributed by atoms with van der Waals surface area (Å²) in [6.45, 7) is 2.44. The van der Waals surface area contributed by atoms with Crippen LogP contribution in [-0.2, 0) is 6.42 Å². The van der Waals surface area contributed by atoms with Crippen LogP contribution in [-0.4, -0.2) is 22.6 Å². The highest BCUT2D eigenvalue weighted by Gasteiger charge is 2.27. The summed E-state index contributed by atoms with van der Waals surface area (Å²) in [5, 5.41) is 0. The molecule has 1 aromatic heterocycles. The lowest BCUT2D eigenvalue weighted by Crippen LogP contribution is -2.35. The molecular weight excluding hydrogens is 233 g/mol. The molecule has 0 aliphatic heterocycles. The van der Waals surface area contributed by atoms with Crippen LogP contribution in [0.4, 0.5) is 4.39 Å². The fourth-order valence-corrected chi connectivity index (χ4v) is 2.46. The van der Waals surface area contributed by atoms with Crippen molar-refractivity contribution in [2.45, 2.75) is 45.1 Å². The highest BCUT2D eigenvalue weighted by Crippen LogP contribution is 2.28. The molecule has 0 aromatic carbocycles. The summed E-state index contributed by atoms with van der Waals surface area (Å²) < 4.78 is 19.7. The van der Waals surface area contributed by atoms with E-state index in [9.17, 15) is 4.39 Å². The van der Waals surface area contributed by atoms with E-state index in [0.717, 1.165) is 19.3 Å². The Morgan fingerprint density at radius 1 is 1.39 bits per heavy atom. The van der Waals surface area contributed by atoms with E-state index in [1.54, 1.807) is 0 Å². The van der Waals surface area contributed by atoms with Crippen molar-refractivity contribution in [2.75, 3.05) is 6.54 Å². The van der Waals surface area contributed by atoms with Gasteiger partial charge in [-0.1, -0.05) is 13.3 Å². The summed E-state index contributed by atoms with van der Waals surface area (Å²) in [6.07, 6.45) is 6.13. The third kappa shape index (κ3) is 2.77. The molecule has 2 atom stereocenters. The molecule has 0 bridgehead atoms. The summed E-state index contributed by atoms with van der Waals surface area (Å²) in [5.74, 6) is -0.0493. The zero-order valence-electron chi connectivity index (χ0n) is 10.7. The summed E-state index contributed by atoms with van der Waals surface area (Å²) in [6, 6.07) is 0. The number of halogens is 1. The molecule has 4 nitrogen and oxygen atoms in total. The molecule has 0 spiro atoms.